The molecule has 1 fully saturated rings. The maximum absolute atomic E-state index is 6.07. The minimum atomic E-state index is 0.0390. The zero-order chi connectivity index (χ0) is 8.32. The molecule has 1 nitrogen and oxygen atoms in total. The maximum atomic E-state index is 6.07. The number of hydrogen-bond donors (Lipinski definition) is 1. The van der Waals surface area contributed by atoms with Crippen molar-refractivity contribution in [1.29, 1.82) is 0 Å². The SMILES string of the molecule is CC(C)(N)C1CCCCSC1. The third kappa shape index (κ3) is 3.04. The molecule has 0 radical (unpaired) electrons. The van der Waals surface area contributed by atoms with Gasteiger partial charge in [0.15, 0.2) is 0 Å². The lowest BCUT2D eigenvalue weighted by Gasteiger charge is -2.29. The van der Waals surface area contributed by atoms with Gasteiger partial charge < -0.3 is 5.73 Å². The van der Waals surface area contributed by atoms with Gasteiger partial charge in [-0.05, 0) is 44.1 Å². The molecule has 0 aromatic rings. The van der Waals surface area contributed by atoms with Gasteiger partial charge in [0.1, 0.15) is 0 Å². The molecule has 1 aliphatic heterocycles. The fourth-order valence-electron chi connectivity index (χ4n) is 1.49. The van der Waals surface area contributed by atoms with Gasteiger partial charge in [-0.3, -0.25) is 0 Å². The number of nitrogens with two attached hydrogens (primary N) is 1. The lowest BCUT2D eigenvalue weighted by molar-refractivity contribution is 0.329. The highest BCUT2D eigenvalue weighted by Gasteiger charge is 2.25. The van der Waals surface area contributed by atoms with Crippen molar-refractivity contribution in [3.63, 3.8) is 0 Å². The zero-order valence-corrected chi connectivity index (χ0v) is 8.41. The molecule has 1 rings (SSSR count). The molecular weight excluding hydrogens is 154 g/mol. The van der Waals surface area contributed by atoms with E-state index in [-0.39, 0.29) is 5.54 Å². The Hall–Kier alpha value is 0.310. The average molecular weight is 173 g/mol. The van der Waals surface area contributed by atoms with Crippen molar-refractivity contribution < 1.29 is 0 Å². The Morgan fingerprint density at radius 3 is 2.73 bits per heavy atom. The van der Waals surface area contributed by atoms with Crippen LogP contribution in [0.5, 0.6) is 0 Å². The van der Waals surface area contributed by atoms with Crippen LogP contribution in [0.2, 0.25) is 0 Å². The molecule has 1 heterocycles. The Morgan fingerprint density at radius 1 is 1.36 bits per heavy atom. The summed E-state index contributed by atoms with van der Waals surface area (Å²) in [6, 6.07) is 0. The summed E-state index contributed by atoms with van der Waals surface area (Å²) in [6.45, 7) is 4.31. The largest absolute Gasteiger partial charge is 0.325 e. The lowest BCUT2D eigenvalue weighted by atomic mass is 9.86. The molecule has 0 aromatic heterocycles. The van der Waals surface area contributed by atoms with E-state index in [1.165, 1.54) is 30.8 Å². The van der Waals surface area contributed by atoms with Crippen molar-refractivity contribution in [1.82, 2.24) is 0 Å². The minimum absolute atomic E-state index is 0.0390. The second-order valence-electron chi connectivity index (χ2n) is 4.09. The van der Waals surface area contributed by atoms with Gasteiger partial charge in [0.05, 0.1) is 0 Å². The summed E-state index contributed by atoms with van der Waals surface area (Å²) >= 11 is 2.07. The molecule has 2 N–H and O–H groups in total. The van der Waals surface area contributed by atoms with E-state index in [1.54, 1.807) is 0 Å². The van der Waals surface area contributed by atoms with Crippen LogP contribution in [0.3, 0.4) is 0 Å². The van der Waals surface area contributed by atoms with Gasteiger partial charge >= 0.3 is 0 Å². The Morgan fingerprint density at radius 2 is 2.09 bits per heavy atom. The van der Waals surface area contributed by atoms with Crippen LogP contribution in [-0.4, -0.2) is 17.0 Å². The summed E-state index contributed by atoms with van der Waals surface area (Å²) in [5, 5.41) is 0. The van der Waals surface area contributed by atoms with Crippen LogP contribution in [-0.2, 0) is 0 Å². The van der Waals surface area contributed by atoms with Gasteiger partial charge in [0.2, 0.25) is 0 Å². The van der Waals surface area contributed by atoms with E-state index in [4.69, 9.17) is 5.73 Å². The van der Waals surface area contributed by atoms with Crippen LogP contribution >= 0.6 is 11.8 Å². The highest BCUT2D eigenvalue weighted by molar-refractivity contribution is 7.99. The lowest BCUT2D eigenvalue weighted by Crippen LogP contribution is -2.41. The van der Waals surface area contributed by atoms with E-state index < -0.39 is 0 Å². The quantitative estimate of drug-likeness (QED) is 0.658. The first-order valence-corrected chi connectivity index (χ1v) is 5.63. The molecule has 1 atom stereocenters. The van der Waals surface area contributed by atoms with Gasteiger partial charge in [-0.2, -0.15) is 11.8 Å². The van der Waals surface area contributed by atoms with Crippen LogP contribution < -0.4 is 5.73 Å². The molecule has 2 heteroatoms. The Kier molecular flexibility index (Phi) is 3.26. The third-order valence-corrected chi connectivity index (χ3v) is 3.68. The van der Waals surface area contributed by atoms with Crippen LogP contribution in [0.4, 0.5) is 0 Å². The van der Waals surface area contributed by atoms with Gasteiger partial charge in [0, 0.05) is 5.54 Å². The smallest absolute Gasteiger partial charge is 0.0133 e. The molecule has 66 valence electrons. The van der Waals surface area contributed by atoms with E-state index in [0.29, 0.717) is 0 Å². The van der Waals surface area contributed by atoms with E-state index >= 15 is 0 Å². The molecule has 11 heavy (non-hydrogen) atoms. The van der Waals surface area contributed by atoms with Crippen molar-refractivity contribution in [2.45, 2.75) is 38.6 Å². The van der Waals surface area contributed by atoms with Crippen LogP contribution in [0.1, 0.15) is 33.1 Å². The van der Waals surface area contributed by atoms with Crippen LogP contribution in [0.25, 0.3) is 0 Å². The molecular formula is C9H19NS. The average Bonchev–Trinajstić information content (AvgIpc) is 2.10. The van der Waals surface area contributed by atoms with E-state index in [0.717, 1.165) is 5.92 Å². The zero-order valence-electron chi connectivity index (χ0n) is 7.60. The molecule has 0 amide bonds. The van der Waals surface area contributed by atoms with E-state index in [2.05, 4.69) is 25.6 Å². The third-order valence-electron chi connectivity index (χ3n) is 2.46. The van der Waals surface area contributed by atoms with Crippen molar-refractivity contribution in [3.8, 4) is 0 Å². The van der Waals surface area contributed by atoms with Crippen molar-refractivity contribution in [3.05, 3.63) is 0 Å². The molecule has 1 saturated heterocycles. The van der Waals surface area contributed by atoms with Crippen LogP contribution in [0.15, 0.2) is 0 Å². The molecule has 0 aromatic carbocycles. The maximum Gasteiger partial charge on any atom is 0.0133 e. The topological polar surface area (TPSA) is 26.0 Å². The first-order valence-electron chi connectivity index (χ1n) is 4.47. The second-order valence-corrected chi connectivity index (χ2v) is 5.24. The summed E-state index contributed by atoms with van der Waals surface area (Å²) in [4.78, 5) is 0. The summed E-state index contributed by atoms with van der Waals surface area (Å²) in [6.07, 6.45) is 4.09. The Bertz CT molecular complexity index is 109. The van der Waals surface area contributed by atoms with Gasteiger partial charge in [-0.1, -0.05) is 6.42 Å². The Labute approximate surface area is 74.1 Å². The molecule has 1 unspecified atom stereocenters. The van der Waals surface area contributed by atoms with Crippen molar-refractivity contribution in [2.24, 2.45) is 11.7 Å². The Balaban J connectivity index is 2.43. The molecule has 0 spiro atoms. The molecule has 0 aliphatic carbocycles. The summed E-state index contributed by atoms with van der Waals surface area (Å²) in [5.41, 5.74) is 6.11. The van der Waals surface area contributed by atoms with Crippen molar-refractivity contribution in [2.75, 3.05) is 11.5 Å². The first kappa shape index (κ1) is 9.40. The summed E-state index contributed by atoms with van der Waals surface area (Å²) in [7, 11) is 0. The number of hydrogen-bond acceptors (Lipinski definition) is 2. The highest BCUT2D eigenvalue weighted by Crippen LogP contribution is 2.28. The van der Waals surface area contributed by atoms with Gasteiger partial charge in [-0.25, -0.2) is 0 Å². The fourth-order valence-corrected chi connectivity index (χ4v) is 2.95. The van der Waals surface area contributed by atoms with E-state index in [1.807, 2.05) is 0 Å². The normalized spacial score (nSPS) is 28.1. The summed E-state index contributed by atoms with van der Waals surface area (Å²) < 4.78 is 0. The standard InChI is InChI=1S/C9H19NS/c1-9(2,10)8-5-3-4-6-11-7-8/h8H,3-7,10H2,1-2H3. The highest BCUT2D eigenvalue weighted by atomic mass is 32.2. The molecule has 1 aliphatic rings. The van der Waals surface area contributed by atoms with Crippen molar-refractivity contribution >= 4 is 11.8 Å². The molecule has 0 saturated carbocycles. The fraction of sp³-hybridized carbons (Fsp3) is 1.00. The van der Waals surface area contributed by atoms with E-state index in [9.17, 15) is 0 Å². The predicted molar refractivity (Wildman–Crippen MR) is 52.9 cm³/mol. The monoisotopic (exact) mass is 173 g/mol. The van der Waals surface area contributed by atoms with Gasteiger partial charge in [0.25, 0.3) is 0 Å². The number of thioether (sulfide) groups is 1. The minimum Gasteiger partial charge on any atom is -0.325 e. The number of rotatable bonds is 1. The van der Waals surface area contributed by atoms with Gasteiger partial charge in [-0.15, -0.1) is 0 Å². The second kappa shape index (κ2) is 3.81. The molecule has 0 bridgehead atoms. The van der Waals surface area contributed by atoms with Crippen LogP contribution in [0, 0.1) is 5.92 Å². The first-order chi connectivity index (χ1) is 5.11. The summed E-state index contributed by atoms with van der Waals surface area (Å²) in [5.74, 6) is 3.34. The predicted octanol–water partition coefficient (Wildman–Crippen LogP) is 2.26.